The Labute approximate surface area is 169 Å². The molecule has 0 aliphatic rings. The van der Waals surface area contributed by atoms with Crippen molar-refractivity contribution in [2.24, 2.45) is 5.41 Å². The number of hydrogen-bond acceptors (Lipinski definition) is 5. The largest absolute Gasteiger partial charge is 0.507 e. The third kappa shape index (κ3) is 5.27. The SMILES string of the molecule is CCOC(=O)C(C)(Cc1cc(C(C)(C)C)c(O)c(C(C)(C)C)c1)C(=O)OCC. The zero-order valence-corrected chi connectivity index (χ0v) is 18.9. The van der Waals surface area contributed by atoms with Gasteiger partial charge in [0.15, 0.2) is 5.41 Å². The van der Waals surface area contributed by atoms with Crippen LogP contribution in [0.5, 0.6) is 5.75 Å². The van der Waals surface area contributed by atoms with Crippen LogP contribution in [0.25, 0.3) is 0 Å². The van der Waals surface area contributed by atoms with Crippen molar-refractivity contribution in [2.75, 3.05) is 13.2 Å². The predicted molar refractivity (Wildman–Crippen MR) is 111 cm³/mol. The normalized spacial score (nSPS) is 12.6. The Morgan fingerprint density at radius 2 is 1.18 bits per heavy atom. The van der Waals surface area contributed by atoms with Crippen molar-refractivity contribution in [3.05, 3.63) is 28.8 Å². The summed E-state index contributed by atoms with van der Waals surface area (Å²) in [6, 6.07) is 3.75. The smallest absolute Gasteiger partial charge is 0.323 e. The maximum absolute atomic E-state index is 12.6. The Morgan fingerprint density at radius 3 is 1.46 bits per heavy atom. The van der Waals surface area contributed by atoms with E-state index in [1.807, 2.05) is 53.7 Å². The van der Waals surface area contributed by atoms with Crippen molar-refractivity contribution in [2.45, 2.75) is 79.6 Å². The molecule has 0 radical (unpaired) electrons. The second-order valence-electron chi connectivity index (χ2n) is 9.49. The molecule has 0 aromatic heterocycles. The maximum Gasteiger partial charge on any atom is 0.323 e. The fraction of sp³-hybridized carbons (Fsp3) is 0.652. The minimum absolute atomic E-state index is 0.136. The Balaban J connectivity index is 3.59. The number of ether oxygens (including phenoxy) is 2. The number of phenols is 1. The van der Waals surface area contributed by atoms with Crippen molar-refractivity contribution in [1.29, 1.82) is 0 Å². The minimum atomic E-state index is -1.45. The Kier molecular flexibility index (Phi) is 7.32. The maximum atomic E-state index is 12.6. The minimum Gasteiger partial charge on any atom is -0.507 e. The number of benzene rings is 1. The van der Waals surface area contributed by atoms with E-state index in [9.17, 15) is 14.7 Å². The van der Waals surface area contributed by atoms with Gasteiger partial charge >= 0.3 is 11.9 Å². The number of hydrogen-bond donors (Lipinski definition) is 1. The summed E-state index contributed by atoms with van der Waals surface area (Å²) in [5.74, 6) is -0.940. The van der Waals surface area contributed by atoms with E-state index in [1.54, 1.807) is 20.8 Å². The number of carbonyl (C=O) groups is 2. The van der Waals surface area contributed by atoms with Crippen LogP contribution in [0.4, 0.5) is 0 Å². The highest BCUT2D eigenvalue weighted by atomic mass is 16.6. The van der Waals surface area contributed by atoms with Crippen LogP contribution in [0.1, 0.15) is 79.0 Å². The van der Waals surface area contributed by atoms with E-state index in [-0.39, 0.29) is 36.2 Å². The van der Waals surface area contributed by atoms with E-state index in [4.69, 9.17) is 9.47 Å². The summed E-state index contributed by atoms with van der Waals surface area (Å²) in [6.07, 6.45) is 0.136. The topological polar surface area (TPSA) is 72.8 Å². The molecule has 0 fully saturated rings. The Hall–Kier alpha value is -2.04. The lowest BCUT2D eigenvalue weighted by Crippen LogP contribution is -2.41. The van der Waals surface area contributed by atoms with E-state index >= 15 is 0 Å². The van der Waals surface area contributed by atoms with E-state index in [0.717, 1.165) is 16.7 Å². The number of phenolic OH excluding ortho intramolecular Hbond substituents is 1. The van der Waals surface area contributed by atoms with Gasteiger partial charge in [-0.3, -0.25) is 9.59 Å². The van der Waals surface area contributed by atoms with Gasteiger partial charge < -0.3 is 14.6 Å². The fourth-order valence-electron chi connectivity index (χ4n) is 3.16. The lowest BCUT2D eigenvalue weighted by molar-refractivity contribution is -0.170. The van der Waals surface area contributed by atoms with Gasteiger partial charge in [0.2, 0.25) is 0 Å². The molecule has 0 saturated carbocycles. The third-order valence-electron chi connectivity index (χ3n) is 4.80. The third-order valence-corrected chi connectivity index (χ3v) is 4.80. The number of rotatable bonds is 6. The molecule has 1 rings (SSSR count). The molecule has 1 aromatic carbocycles. The summed E-state index contributed by atoms with van der Waals surface area (Å²) >= 11 is 0. The Morgan fingerprint density at radius 1 is 0.821 bits per heavy atom. The van der Waals surface area contributed by atoms with Crippen LogP contribution >= 0.6 is 0 Å². The second kappa shape index (κ2) is 8.54. The molecule has 0 aliphatic heterocycles. The quantitative estimate of drug-likeness (QED) is 0.563. The Bertz CT molecular complexity index is 666. The summed E-state index contributed by atoms with van der Waals surface area (Å²) in [5.41, 5.74) is 0.299. The van der Waals surface area contributed by atoms with Crippen LogP contribution in [0.2, 0.25) is 0 Å². The zero-order chi connectivity index (χ0) is 21.9. The molecule has 0 bridgehead atoms. The summed E-state index contributed by atoms with van der Waals surface area (Å²) in [7, 11) is 0. The standard InChI is InChI=1S/C23H36O5/c1-10-27-19(25)23(9,20(26)28-11-2)14-15-12-16(21(3,4)5)18(24)17(13-15)22(6,7)8/h12-13,24H,10-11,14H2,1-9H3. The molecule has 0 heterocycles. The van der Waals surface area contributed by atoms with E-state index in [2.05, 4.69) is 0 Å². The van der Waals surface area contributed by atoms with Crippen LogP contribution in [0.3, 0.4) is 0 Å². The molecule has 0 saturated heterocycles. The van der Waals surface area contributed by atoms with Crippen LogP contribution in [0, 0.1) is 5.41 Å². The van der Waals surface area contributed by atoms with Gasteiger partial charge in [0.05, 0.1) is 13.2 Å². The van der Waals surface area contributed by atoms with E-state index < -0.39 is 17.4 Å². The number of carbonyl (C=O) groups excluding carboxylic acids is 2. The fourth-order valence-corrected chi connectivity index (χ4v) is 3.16. The van der Waals surface area contributed by atoms with Gasteiger partial charge in [-0.1, -0.05) is 53.7 Å². The van der Waals surface area contributed by atoms with E-state index in [0.29, 0.717) is 0 Å². The molecule has 0 spiro atoms. The average molecular weight is 393 g/mol. The van der Waals surface area contributed by atoms with Gasteiger partial charge in [0.25, 0.3) is 0 Å². The molecular weight excluding hydrogens is 356 g/mol. The van der Waals surface area contributed by atoms with Crippen LogP contribution in [-0.2, 0) is 36.3 Å². The van der Waals surface area contributed by atoms with Crippen LogP contribution < -0.4 is 0 Å². The van der Waals surface area contributed by atoms with Gasteiger partial charge in [-0.15, -0.1) is 0 Å². The van der Waals surface area contributed by atoms with Gasteiger partial charge in [-0.2, -0.15) is 0 Å². The molecule has 1 aromatic rings. The van der Waals surface area contributed by atoms with Crippen molar-refractivity contribution < 1.29 is 24.2 Å². The monoisotopic (exact) mass is 392 g/mol. The van der Waals surface area contributed by atoms with Crippen molar-refractivity contribution in [1.82, 2.24) is 0 Å². The van der Waals surface area contributed by atoms with Gasteiger partial charge in [0.1, 0.15) is 5.75 Å². The molecule has 0 amide bonds. The summed E-state index contributed by atoms with van der Waals surface area (Å²) < 4.78 is 10.4. The molecule has 0 unspecified atom stereocenters. The summed E-state index contributed by atoms with van der Waals surface area (Å²) in [4.78, 5) is 25.3. The van der Waals surface area contributed by atoms with Crippen LogP contribution in [0.15, 0.2) is 12.1 Å². The van der Waals surface area contributed by atoms with Gasteiger partial charge in [0, 0.05) is 0 Å². The van der Waals surface area contributed by atoms with Gasteiger partial charge in [-0.05, 0) is 54.7 Å². The highest BCUT2D eigenvalue weighted by Crippen LogP contribution is 2.41. The lowest BCUT2D eigenvalue weighted by Gasteiger charge is -2.30. The first kappa shape index (κ1) is 24.0. The summed E-state index contributed by atoms with van der Waals surface area (Å²) in [6.45, 7) is 17.5. The first-order chi connectivity index (χ1) is 12.7. The number of aromatic hydroxyl groups is 1. The zero-order valence-electron chi connectivity index (χ0n) is 18.9. The number of esters is 2. The first-order valence-electron chi connectivity index (χ1n) is 9.89. The second-order valence-corrected chi connectivity index (χ2v) is 9.49. The lowest BCUT2D eigenvalue weighted by atomic mass is 9.75. The highest BCUT2D eigenvalue weighted by molar-refractivity contribution is 6.00. The molecule has 5 nitrogen and oxygen atoms in total. The van der Waals surface area contributed by atoms with Gasteiger partial charge in [-0.25, -0.2) is 0 Å². The van der Waals surface area contributed by atoms with Crippen LogP contribution in [-0.4, -0.2) is 30.3 Å². The highest BCUT2D eigenvalue weighted by Gasteiger charge is 2.45. The molecule has 28 heavy (non-hydrogen) atoms. The van der Waals surface area contributed by atoms with Crippen molar-refractivity contribution in [3.8, 4) is 5.75 Å². The first-order valence-corrected chi connectivity index (χ1v) is 9.89. The van der Waals surface area contributed by atoms with Crippen molar-refractivity contribution in [3.63, 3.8) is 0 Å². The molecule has 1 N–H and O–H groups in total. The summed E-state index contributed by atoms with van der Waals surface area (Å²) in [5, 5.41) is 10.9. The van der Waals surface area contributed by atoms with Crippen molar-refractivity contribution >= 4 is 11.9 Å². The molecular formula is C23H36O5. The van der Waals surface area contributed by atoms with E-state index in [1.165, 1.54) is 0 Å². The predicted octanol–water partition coefficient (Wildman–Crippen LogP) is 4.66. The molecule has 158 valence electrons. The molecule has 0 atom stereocenters. The molecule has 5 heteroatoms. The average Bonchev–Trinajstić information content (AvgIpc) is 2.54. The molecule has 0 aliphatic carbocycles.